The summed E-state index contributed by atoms with van der Waals surface area (Å²) in [7, 11) is 1.72. The predicted molar refractivity (Wildman–Crippen MR) is 116 cm³/mol. The second kappa shape index (κ2) is 8.56. The van der Waals surface area contributed by atoms with Gasteiger partial charge in [0.2, 0.25) is 0 Å². The van der Waals surface area contributed by atoms with Crippen molar-refractivity contribution < 1.29 is 0 Å². The second-order valence-corrected chi connectivity index (χ2v) is 7.00. The number of amidine groups is 1. The van der Waals surface area contributed by atoms with Crippen molar-refractivity contribution in [1.29, 1.82) is 5.41 Å². The first-order valence-electron chi connectivity index (χ1n) is 9.34. The normalized spacial score (nSPS) is 21.2. The Balaban J connectivity index is 1.80. The van der Waals surface area contributed by atoms with Gasteiger partial charge in [-0.15, -0.1) is 0 Å². The molecule has 28 heavy (non-hydrogen) atoms. The smallest absolute Gasteiger partial charge is 0.132 e. The number of hydrogen-bond acceptors (Lipinski definition) is 6. The maximum absolute atomic E-state index is 7.60. The Morgan fingerprint density at radius 2 is 2.04 bits per heavy atom. The quantitative estimate of drug-likeness (QED) is 0.360. The molecule has 2 heterocycles. The fraction of sp³-hybridized carbons (Fsp3) is 0.286. The van der Waals surface area contributed by atoms with E-state index in [0.29, 0.717) is 23.3 Å². The van der Waals surface area contributed by atoms with Crippen molar-refractivity contribution in [3.8, 4) is 0 Å². The molecule has 7 nitrogen and oxygen atoms in total. The number of nitrogens with zero attached hydrogens (tertiary/aromatic N) is 2. The van der Waals surface area contributed by atoms with E-state index in [9.17, 15) is 0 Å². The number of hydrogen-bond donors (Lipinski definition) is 5. The van der Waals surface area contributed by atoms with Crippen LogP contribution in [0.3, 0.4) is 0 Å². The monoisotopic (exact) mass is 377 g/mol. The molecule has 3 aliphatic rings. The van der Waals surface area contributed by atoms with Crippen molar-refractivity contribution in [3.63, 3.8) is 0 Å². The molecule has 0 aromatic heterocycles. The summed E-state index contributed by atoms with van der Waals surface area (Å²) in [4.78, 5) is 8.55. The van der Waals surface area contributed by atoms with E-state index in [2.05, 4.69) is 20.6 Å². The van der Waals surface area contributed by atoms with Crippen LogP contribution in [-0.2, 0) is 0 Å². The fourth-order valence-electron chi connectivity index (χ4n) is 3.21. The number of nitrogens with one attached hydrogen (secondary N) is 3. The zero-order valence-corrected chi connectivity index (χ0v) is 16.3. The van der Waals surface area contributed by atoms with Gasteiger partial charge in [0.25, 0.3) is 0 Å². The Labute approximate surface area is 165 Å². The summed E-state index contributed by atoms with van der Waals surface area (Å²) in [5.41, 5.74) is 17.3. The van der Waals surface area contributed by atoms with Crippen molar-refractivity contribution in [2.45, 2.75) is 26.2 Å². The zero-order chi connectivity index (χ0) is 20.1. The molecule has 0 saturated heterocycles. The van der Waals surface area contributed by atoms with Gasteiger partial charge >= 0.3 is 0 Å². The van der Waals surface area contributed by atoms with Crippen molar-refractivity contribution in [3.05, 3.63) is 70.1 Å². The summed E-state index contributed by atoms with van der Waals surface area (Å²) in [6.07, 6.45) is 16.1. The number of nitrogens with two attached hydrogens (primary N) is 2. The minimum absolute atomic E-state index is 0.387. The summed E-state index contributed by atoms with van der Waals surface area (Å²) in [6.45, 7) is 1.85. The lowest BCUT2D eigenvalue weighted by Gasteiger charge is -2.26. The van der Waals surface area contributed by atoms with E-state index in [-0.39, 0.29) is 0 Å². The van der Waals surface area contributed by atoms with E-state index in [1.54, 1.807) is 19.3 Å². The number of aliphatic imine (C=N–C) groups is 2. The number of dihydropyridines is 2. The molecule has 146 valence electrons. The highest BCUT2D eigenvalue weighted by atomic mass is 15.1. The van der Waals surface area contributed by atoms with Crippen LogP contribution in [0.25, 0.3) is 0 Å². The van der Waals surface area contributed by atoms with Gasteiger partial charge in [0.1, 0.15) is 11.7 Å². The average Bonchev–Trinajstić information content (AvgIpc) is 2.63. The third kappa shape index (κ3) is 4.31. The van der Waals surface area contributed by atoms with Gasteiger partial charge in [0.15, 0.2) is 0 Å². The highest BCUT2D eigenvalue weighted by Crippen LogP contribution is 2.32. The summed E-state index contributed by atoms with van der Waals surface area (Å²) >= 11 is 0. The molecule has 0 radical (unpaired) electrons. The maximum atomic E-state index is 7.60. The van der Waals surface area contributed by atoms with Gasteiger partial charge < -0.3 is 27.5 Å². The Hall–Kier alpha value is -3.35. The fourth-order valence-corrected chi connectivity index (χ4v) is 3.21. The summed E-state index contributed by atoms with van der Waals surface area (Å²) in [5.74, 6) is 1.47. The molecule has 0 bridgehead atoms. The Morgan fingerprint density at radius 3 is 2.64 bits per heavy atom. The van der Waals surface area contributed by atoms with Gasteiger partial charge in [-0.05, 0) is 55.6 Å². The molecule has 3 rings (SSSR count). The molecular weight excluding hydrogens is 350 g/mol. The highest BCUT2D eigenvalue weighted by Gasteiger charge is 2.21. The van der Waals surface area contributed by atoms with Crippen LogP contribution in [0.2, 0.25) is 0 Å². The van der Waals surface area contributed by atoms with Crippen molar-refractivity contribution in [2.75, 3.05) is 7.05 Å². The molecule has 1 fully saturated rings. The molecule has 2 aliphatic heterocycles. The molecule has 0 atom stereocenters. The van der Waals surface area contributed by atoms with E-state index in [1.165, 1.54) is 12.6 Å². The lowest BCUT2D eigenvalue weighted by molar-refractivity contribution is 0.379. The van der Waals surface area contributed by atoms with Crippen molar-refractivity contribution in [1.82, 2.24) is 10.6 Å². The van der Waals surface area contributed by atoms with Crippen LogP contribution in [0.15, 0.2) is 80.1 Å². The van der Waals surface area contributed by atoms with Crippen LogP contribution < -0.4 is 22.1 Å². The minimum atomic E-state index is 0.387. The summed E-state index contributed by atoms with van der Waals surface area (Å²) < 4.78 is 0. The standard InChI is InChI=1S/C21H27N7/c1-13(23)17(12-25-2)16-8-19-18(26-11-16)6-7-21(27-19)28-20(24)9-15(10-22)14-4-3-5-14/h6-12,14,22,26-27H,3-5,23H2,1-2H3,(H2,24,28). The molecule has 0 unspecified atom stereocenters. The lowest BCUT2D eigenvalue weighted by atomic mass is 9.80. The first-order chi connectivity index (χ1) is 13.5. The van der Waals surface area contributed by atoms with Crippen LogP contribution in [0, 0.1) is 11.3 Å². The molecular formula is C21H27N7. The molecule has 1 saturated carbocycles. The van der Waals surface area contributed by atoms with Crippen molar-refractivity contribution >= 4 is 18.3 Å². The van der Waals surface area contributed by atoms with E-state index in [4.69, 9.17) is 16.9 Å². The van der Waals surface area contributed by atoms with Crippen LogP contribution >= 0.6 is 0 Å². The van der Waals surface area contributed by atoms with Gasteiger partial charge in [0.05, 0.1) is 11.4 Å². The van der Waals surface area contributed by atoms with E-state index >= 15 is 0 Å². The Bertz CT molecular complexity index is 899. The van der Waals surface area contributed by atoms with E-state index < -0.39 is 0 Å². The first kappa shape index (κ1) is 19.4. The van der Waals surface area contributed by atoms with E-state index in [0.717, 1.165) is 41.0 Å². The van der Waals surface area contributed by atoms with Crippen LogP contribution in [0.5, 0.6) is 0 Å². The van der Waals surface area contributed by atoms with Crippen LogP contribution in [-0.4, -0.2) is 25.3 Å². The topological polar surface area (TPSA) is 125 Å². The summed E-state index contributed by atoms with van der Waals surface area (Å²) in [6, 6.07) is 0. The third-order valence-electron chi connectivity index (χ3n) is 4.95. The molecule has 7 N–H and O–H groups in total. The van der Waals surface area contributed by atoms with Gasteiger partial charge in [-0.1, -0.05) is 6.42 Å². The number of allylic oxidation sites excluding steroid dienone is 7. The van der Waals surface area contributed by atoms with Crippen molar-refractivity contribution in [2.24, 2.45) is 27.4 Å². The maximum Gasteiger partial charge on any atom is 0.132 e. The van der Waals surface area contributed by atoms with Gasteiger partial charge in [-0.3, -0.25) is 4.99 Å². The molecule has 0 aromatic rings. The molecule has 0 spiro atoms. The minimum Gasteiger partial charge on any atom is -0.402 e. The lowest BCUT2D eigenvalue weighted by Crippen LogP contribution is -2.27. The molecule has 0 amide bonds. The molecule has 1 aliphatic carbocycles. The average molecular weight is 377 g/mol. The number of fused-ring (bicyclic) bond motifs is 1. The van der Waals surface area contributed by atoms with Crippen LogP contribution in [0.1, 0.15) is 26.2 Å². The third-order valence-corrected chi connectivity index (χ3v) is 4.95. The van der Waals surface area contributed by atoms with Gasteiger partial charge in [-0.25, -0.2) is 4.99 Å². The van der Waals surface area contributed by atoms with E-state index in [1.807, 2.05) is 31.4 Å². The molecule has 0 aromatic carbocycles. The Morgan fingerprint density at radius 1 is 1.25 bits per heavy atom. The highest BCUT2D eigenvalue weighted by molar-refractivity contribution is 5.97. The van der Waals surface area contributed by atoms with Gasteiger partial charge in [-0.2, -0.15) is 0 Å². The van der Waals surface area contributed by atoms with Crippen LogP contribution in [0.4, 0.5) is 0 Å². The second-order valence-electron chi connectivity index (χ2n) is 7.00. The number of rotatable bonds is 6. The Kier molecular flexibility index (Phi) is 5.93. The van der Waals surface area contributed by atoms with Gasteiger partial charge in [0, 0.05) is 42.5 Å². The predicted octanol–water partition coefficient (Wildman–Crippen LogP) is 2.35. The largest absolute Gasteiger partial charge is 0.402 e. The first-order valence-corrected chi connectivity index (χ1v) is 9.34. The zero-order valence-electron chi connectivity index (χ0n) is 16.3. The molecule has 7 heteroatoms. The SMILES string of the molecule is CN=CC(C1=CNC2=CC=C(N=C(N)C=C(C=N)C3CCC3)NC2=C1)=C(C)N. The summed E-state index contributed by atoms with van der Waals surface area (Å²) in [5, 5.41) is 14.2.